The van der Waals surface area contributed by atoms with Crippen molar-refractivity contribution in [2.45, 2.75) is 38.3 Å². The van der Waals surface area contributed by atoms with Gasteiger partial charge in [-0.15, -0.1) is 0 Å². The summed E-state index contributed by atoms with van der Waals surface area (Å²) < 4.78 is 2.09. The van der Waals surface area contributed by atoms with Crippen LogP contribution in [0.25, 0.3) is 0 Å². The van der Waals surface area contributed by atoms with Crippen LogP contribution in [0.15, 0.2) is 36.5 Å². The van der Waals surface area contributed by atoms with Gasteiger partial charge < -0.3 is 14.4 Å². The summed E-state index contributed by atoms with van der Waals surface area (Å²) in [5.74, 6) is 1.30. The summed E-state index contributed by atoms with van der Waals surface area (Å²) in [6.45, 7) is 4.46. The highest BCUT2D eigenvalue weighted by molar-refractivity contribution is 5.99. The lowest BCUT2D eigenvalue weighted by Gasteiger charge is -2.37. The van der Waals surface area contributed by atoms with Gasteiger partial charge in [-0.1, -0.05) is 18.2 Å². The van der Waals surface area contributed by atoms with Crippen molar-refractivity contribution < 1.29 is 9.59 Å². The average Bonchev–Trinajstić information content (AvgIpc) is 3.38. The number of anilines is 1. The Balaban J connectivity index is 1.21. The molecule has 7 nitrogen and oxygen atoms in total. The van der Waals surface area contributed by atoms with Crippen LogP contribution in [0.5, 0.6) is 0 Å². The first-order valence-electron chi connectivity index (χ1n) is 10.7. The number of aryl methyl sites for hydroxylation is 1. The second kappa shape index (κ2) is 7.63. The SMILES string of the molecule is O=C(c1cnc2n1CCCC2)N1CCN(C2CCN(c3ccccc3)C2=O)CC1. The van der Waals surface area contributed by atoms with E-state index in [1.54, 1.807) is 6.20 Å². The Morgan fingerprint density at radius 1 is 0.966 bits per heavy atom. The minimum absolute atomic E-state index is 0.0739. The van der Waals surface area contributed by atoms with Crippen LogP contribution >= 0.6 is 0 Å². The number of aromatic nitrogens is 2. The van der Waals surface area contributed by atoms with Crippen LogP contribution in [-0.2, 0) is 17.8 Å². The van der Waals surface area contributed by atoms with Gasteiger partial charge in [0.25, 0.3) is 5.91 Å². The number of nitrogens with zero attached hydrogens (tertiary/aromatic N) is 5. The molecule has 0 radical (unpaired) electrons. The minimum atomic E-state index is -0.0739. The van der Waals surface area contributed by atoms with Crippen LogP contribution in [0.1, 0.15) is 35.6 Å². The van der Waals surface area contributed by atoms with Crippen LogP contribution in [0, 0.1) is 0 Å². The summed E-state index contributed by atoms with van der Waals surface area (Å²) in [5, 5.41) is 0. The third-order valence-electron chi connectivity index (χ3n) is 6.48. The minimum Gasteiger partial charge on any atom is -0.335 e. The van der Waals surface area contributed by atoms with Crippen LogP contribution in [0.4, 0.5) is 5.69 Å². The van der Waals surface area contributed by atoms with Crippen LogP contribution < -0.4 is 4.90 Å². The van der Waals surface area contributed by atoms with Crippen molar-refractivity contribution in [1.29, 1.82) is 0 Å². The predicted molar refractivity (Wildman–Crippen MR) is 110 cm³/mol. The van der Waals surface area contributed by atoms with Crippen LogP contribution in [0.3, 0.4) is 0 Å². The van der Waals surface area contributed by atoms with E-state index in [9.17, 15) is 9.59 Å². The third kappa shape index (κ3) is 3.33. The Labute approximate surface area is 170 Å². The number of amides is 2. The average molecular weight is 393 g/mol. The maximum absolute atomic E-state index is 13.0. The smallest absolute Gasteiger partial charge is 0.272 e. The van der Waals surface area contributed by atoms with Crippen LogP contribution in [0.2, 0.25) is 0 Å². The molecule has 1 aromatic carbocycles. The zero-order valence-electron chi connectivity index (χ0n) is 16.7. The Kier molecular flexibility index (Phi) is 4.83. The van der Waals surface area contributed by atoms with Gasteiger partial charge in [0.2, 0.25) is 5.91 Å². The van der Waals surface area contributed by atoms with Crippen molar-refractivity contribution in [3.63, 3.8) is 0 Å². The summed E-state index contributed by atoms with van der Waals surface area (Å²) in [6.07, 6.45) is 5.81. The number of carbonyl (C=O) groups is 2. The van der Waals surface area contributed by atoms with E-state index in [0.717, 1.165) is 69.1 Å². The maximum atomic E-state index is 13.0. The number of carbonyl (C=O) groups excluding carboxylic acids is 2. The number of fused-ring (bicyclic) bond motifs is 1. The second-order valence-electron chi connectivity index (χ2n) is 8.13. The number of imidazole rings is 1. The van der Waals surface area contributed by atoms with Crippen molar-refractivity contribution in [3.8, 4) is 0 Å². The van der Waals surface area contributed by atoms with Gasteiger partial charge in [-0.25, -0.2) is 4.98 Å². The molecule has 1 unspecified atom stereocenters. The molecule has 0 spiro atoms. The zero-order valence-corrected chi connectivity index (χ0v) is 16.7. The van der Waals surface area contributed by atoms with E-state index in [-0.39, 0.29) is 17.9 Å². The Morgan fingerprint density at radius 2 is 1.76 bits per heavy atom. The molecule has 7 heteroatoms. The van der Waals surface area contributed by atoms with Crippen molar-refractivity contribution in [2.24, 2.45) is 0 Å². The molecule has 0 N–H and O–H groups in total. The van der Waals surface area contributed by atoms with Gasteiger partial charge >= 0.3 is 0 Å². The van der Waals surface area contributed by atoms with E-state index >= 15 is 0 Å². The monoisotopic (exact) mass is 393 g/mol. The number of benzene rings is 1. The Morgan fingerprint density at radius 3 is 2.55 bits per heavy atom. The number of hydrogen-bond donors (Lipinski definition) is 0. The van der Waals surface area contributed by atoms with E-state index in [1.165, 1.54) is 0 Å². The molecule has 0 saturated carbocycles. The fourth-order valence-electron chi connectivity index (χ4n) is 4.85. The van der Waals surface area contributed by atoms with Gasteiger partial charge in [-0.3, -0.25) is 14.5 Å². The second-order valence-corrected chi connectivity index (χ2v) is 8.13. The summed E-state index contributed by atoms with van der Waals surface area (Å²) in [7, 11) is 0. The van der Waals surface area contributed by atoms with Gasteiger partial charge in [0.15, 0.2) is 0 Å². The molecule has 29 heavy (non-hydrogen) atoms. The highest BCUT2D eigenvalue weighted by Gasteiger charge is 2.38. The molecular weight excluding hydrogens is 366 g/mol. The summed E-state index contributed by atoms with van der Waals surface area (Å²) in [6, 6.07) is 9.81. The molecular formula is C22H27N5O2. The molecule has 0 aliphatic carbocycles. The first-order chi connectivity index (χ1) is 14.2. The lowest BCUT2D eigenvalue weighted by Crippen LogP contribution is -2.54. The number of piperazine rings is 1. The summed E-state index contributed by atoms with van der Waals surface area (Å²) >= 11 is 0. The van der Waals surface area contributed by atoms with Gasteiger partial charge in [-0.2, -0.15) is 0 Å². The third-order valence-corrected chi connectivity index (χ3v) is 6.48. The van der Waals surface area contributed by atoms with Crippen molar-refractivity contribution in [3.05, 3.63) is 48.0 Å². The molecule has 152 valence electrons. The fraction of sp³-hybridized carbons (Fsp3) is 0.500. The van der Waals surface area contributed by atoms with E-state index < -0.39 is 0 Å². The van der Waals surface area contributed by atoms with Gasteiger partial charge in [-0.05, 0) is 31.4 Å². The van der Waals surface area contributed by atoms with E-state index in [0.29, 0.717) is 13.1 Å². The first-order valence-corrected chi connectivity index (χ1v) is 10.7. The largest absolute Gasteiger partial charge is 0.335 e. The Bertz CT molecular complexity index is 901. The number of para-hydroxylation sites is 1. The quantitative estimate of drug-likeness (QED) is 0.798. The van der Waals surface area contributed by atoms with Gasteiger partial charge in [0.1, 0.15) is 11.5 Å². The van der Waals surface area contributed by atoms with Crippen molar-refractivity contribution in [1.82, 2.24) is 19.4 Å². The molecule has 1 aromatic heterocycles. The number of hydrogen-bond acceptors (Lipinski definition) is 4. The topological polar surface area (TPSA) is 61.7 Å². The summed E-state index contributed by atoms with van der Waals surface area (Å²) in [4.78, 5) is 36.5. The van der Waals surface area contributed by atoms with Crippen molar-refractivity contribution in [2.75, 3.05) is 37.6 Å². The first kappa shape index (κ1) is 18.4. The molecule has 1 atom stereocenters. The molecule has 4 heterocycles. The summed E-state index contributed by atoms with van der Waals surface area (Å²) in [5.41, 5.74) is 1.69. The molecule has 2 saturated heterocycles. The zero-order chi connectivity index (χ0) is 19.8. The highest BCUT2D eigenvalue weighted by atomic mass is 16.2. The van der Waals surface area contributed by atoms with E-state index in [1.807, 2.05) is 40.1 Å². The lowest BCUT2D eigenvalue weighted by atomic mass is 10.1. The lowest BCUT2D eigenvalue weighted by molar-refractivity contribution is -0.122. The van der Waals surface area contributed by atoms with Gasteiger partial charge in [0.05, 0.1) is 12.2 Å². The number of rotatable bonds is 3. The van der Waals surface area contributed by atoms with Crippen LogP contribution in [-0.4, -0.2) is 69.9 Å². The molecule has 0 bridgehead atoms. The molecule has 2 amide bonds. The fourth-order valence-corrected chi connectivity index (χ4v) is 4.85. The predicted octanol–water partition coefficient (Wildman–Crippen LogP) is 1.78. The standard InChI is InChI=1S/C22H27N5O2/c28-21(19-16-23-20-8-4-5-10-27(19)20)25-14-12-24(13-15-25)18-9-11-26(22(18)29)17-6-2-1-3-7-17/h1-3,6-7,16,18H,4-5,8-15H2. The van der Waals surface area contributed by atoms with E-state index in [4.69, 9.17) is 0 Å². The molecule has 2 fully saturated rings. The highest BCUT2D eigenvalue weighted by Crippen LogP contribution is 2.25. The normalized spacial score (nSPS) is 22.8. The molecule has 2 aromatic rings. The maximum Gasteiger partial charge on any atom is 0.272 e. The Hall–Kier alpha value is -2.67. The van der Waals surface area contributed by atoms with E-state index in [2.05, 4.69) is 14.5 Å². The molecule has 3 aliphatic rings. The molecule has 3 aliphatic heterocycles. The van der Waals surface area contributed by atoms with Gasteiger partial charge in [0, 0.05) is 51.4 Å². The van der Waals surface area contributed by atoms with Crippen molar-refractivity contribution >= 4 is 17.5 Å². The molecule has 5 rings (SSSR count).